The summed E-state index contributed by atoms with van der Waals surface area (Å²) >= 11 is 0. The molecule has 0 radical (unpaired) electrons. The van der Waals surface area contributed by atoms with Gasteiger partial charge in [-0.3, -0.25) is 9.00 Å². The van der Waals surface area contributed by atoms with E-state index in [0.717, 1.165) is 12.8 Å². The van der Waals surface area contributed by atoms with Crippen molar-refractivity contribution in [2.45, 2.75) is 26.7 Å². The van der Waals surface area contributed by atoms with Crippen LogP contribution in [0.2, 0.25) is 0 Å². The lowest BCUT2D eigenvalue weighted by Crippen LogP contribution is -2.12. The molecule has 0 bridgehead atoms. The van der Waals surface area contributed by atoms with Crippen LogP contribution < -0.4 is 0 Å². The zero-order valence-electron chi connectivity index (χ0n) is 7.58. The summed E-state index contributed by atoms with van der Waals surface area (Å²) in [5, 5.41) is 8.30. The van der Waals surface area contributed by atoms with E-state index in [0.29, 0.717) is 11.7 Å². The van der Waals surface area contributed by atoms with Crippen molar-refractivity contribution < 1.29 is 14.1 Å². The van der Waals surface area contributed by atoms with Gasteiger partial charge in [0.1, 0.15) is 5.75 Å². The molecule has 0 amide bonds. The molecule has 0 aliphatic carbocycles. The highest BCUT2D eigenvalue weighted by Crippen LogP contribution is 2.03. The second-order valence-corrected chi connectivity index (χ2v) is 4.79. The smallest absolute Gasteiger partial charge is 0.316 e. The lowest BCUT2D eigenvalue weighted by atomic mass is 10.1. The second-order valence-electron chi connectivity index (χ2n) is 3.22. The van der Waals surface area contributed by atoms with Crippen molar-refractivity contribution in [3.63, 3.8) is 0 Å². The fourth-order valence-electron chi connectivity index (χ4n) is 0.862. The van der Waals surface area contributed by atoms with Crippen molar-refractivity contribution in [1.82, 2.24) is 0 Å². The van der Waals surface area contributed by atoms with Crippen molar-refractivity contribution in [3.8, 4) is 0 Å². The maximum Gasteiger partial charge on any atom is 0.316 e. The van der Waals surface area contributed by atoms with Crippen LogP contribution in [-0.2, 0) is 15.6 Å². The Morgan fingerprint density at radius 2 is 2.08 bits per heavy atom. The van der Waals surface area contributed by atoms with Gasteiger partial charge in [0.2, 0.25) is 0 Å². The van der Waals surface area contributed by atoms with Crippen molar-refractivity contribution in [3.05, 3.63) is 0 Å². The molecule has 0 aromatic carbocycles. The largest absolute Gasteiger partial charge is 0.481 e. The van der Waals surface area contributed by atoms with E-state index in [4.69, 9.17) is 5.11 Å². The van der Waals surface area contributed by atoms with Crippen molar-refractivity contribution >= 4 is 16.8 Å². The predicted octanol–water partition coefficient (Wildman–Crippen LogP) is 1.26. The van der Waals surface area contributed by atoms with E-state index in [1.54, 1.807) is 0 Å². The first-order chi connectivity index (χ1) is 5.52. The molecule has 0 saturated carbocycles. The van der Waals surface area contributed by atoms with E-state index < -0.39 is 16.8 Å². The molecule has 0 aromatic rings. The highest BCUT2D eigenvalue weighted by atomic mass is 32.2. The summed E-state index contributed by atoms with van der Waals surface area (Å²) in [5.74, 6) is -0.0625. The van der Waals surface area contributed by atoms with Crippen molar-refractivity contribution in [1.29, 1.82) is 0 Å². The summed E-state index contributed by atoms with van der Waals surface area (Å²) in [6.07, 6.45) is 1.88. The third-order valence-electron chi connectivity index (χ3n) is 1.44. The Labute approximate surface area is 75.6 Å². The molecule has 1 N–H and O–H groups in total. The fraction of sp³-hybridized carbons (Fsp3) is 0.875. The van der Waals surface area contributed by atoms with Gasteiger partial charge in [0, 0.05) is 16.6 Å². The minimum absolute atomic E-state index is 0.210. The molecule has 0 aliphatic rings. The average molecular weight is 192 g/mol. The minimum atomic E-state index is -1.17. The van der Waals surface area contributed by atoms with Crippen LogP contribution in [0.25, 0.3) is 0 Å². The van der Waals surface area contributed by atoms with Gasteiger partial charge in [0.05, 0.1) is 0 Å². The molecule has 0 spiro atoms. The third-order valence-corrected chi connectivity index (χ3v) is 2.75. The SMILES string of the molecule is CC(C)CCCS(=O)CC(=O)O. The van der Waals surface area contributed by atoms with Gasteiger partial charge >= 0.3 is 5.97 Å². The Bertz CT molecular complexity index is 166. The van der Waals surface area contributed by atoms with Gasteiger partial charge in [-0.05, 0) is 12.3 Å². The normalized spacial score (nSPS) is 13.2. The first kappa shape index (κ1) is 11.6. The summed E-state index contributed by atoms with van der Waals surface area (Å²) in [5.41, 5.74) is 0. The Morgan fingerprint density at radius 3 is 2.50 bits per heavy atom. The highest BCUT2D eigenvalue weighted by molar-refractivity contribution is 7.85. The standard InChI is InChI=1S/C8H16O3S/c1-7(2)4-3-5-12(11)6-8(9)10/h7H,3-6H2,1-2H3,(H,9,10). The summed E-state index contributed by atoms with van der Waals surface area (Å²) in [4.78, 5) is 10.1. The van der Waals surface area contributed by atoms with Crippen LogP contribution in [0.5, 0.6) is 0 Å². The fourth-order valence-corrected chi connectivity index (χ4v) is 1.77. The Kier molecular flexibility index (Phi) is 5.98. The molecule has 4 heteroatoms. The number of rotatable bonds is 6. The molecule has 0 heterocycles. The average Bonchev–Trinajstić information content (AvgIpc) is 1.84. The zero-order chi connectivity index (χ0) is 9.56. The van der Waals surface area contributed by atoms with Gasteiger partial charge in [0.15, 0.2) is 0 Å². The van der Waals surface area contributed by atoms with E-state index in [1.165, 1.54) is 0 Å². The van der Waals surface area contributed by atoms with Crippen LogP contribution in [0.4, 0.5) is 0 Å². The minimum Gasteiger partial charge on any atom is -0.481 e. The summed E-state index contributed by atoms with van der Waals surface area (Å²) in [7, 11) is -1.17. The Morgan fingerprint density at radius 1 is 1.50 bits per heavy atom. The lowest BCUT2D eigenvalue weighted by Gasteiger charge is -2.02. The van der Waals surface area contributed by atoms with Gasteiger partial charge in [-0.2, -0.15) is 0 Å². The number of carboxylic acid groups (broad SMARTS) is 1. The monoisotopic (exact) mass is 192 g/mol. The summed E-state index contributed by atoms with van der Waals surface area (Å²) in [6, 6.07) is 0. The van der Waals surface area contributed by atoms with Gasteiger partial charge in [-0.1, -0.05) is 20.3 Å². The summed E-state index contributed by atoms with van der Waals surface area (Å²) < 4.78 is 11.0. The molecule has 72 valence electrons. The van der Waals surface area contributed by atoms with Crippen LogP contribution in [0, 0.1) is 5.92 Å². The van der Waals surface area contributed by atoms with Crippen molar-refractivity contribution in [2.75, 3.05) is 11.5 Å². The van der Waals surface area contributed by atoms with E-state index in [-0.39, 0.29) is 5.75 Å². The van der Waals surface area contributed by atoms with Crippen LogP contribution in [-0.4, -0.2) is 26.8 Å². The topological polar surface area (TPSA) is 54.4 Å². The van der Waals surface area contributed by atoms with Gasteiger partial charge in [-0.15, -0.1) is 0 Å². The van der Waals surface area contributed by atoms with Gasteiger partial charge in [0.25, 0.3) is 0 Å². The first-order valence-corrected chi connectivity index (χ1v) is 5.58. The molecule has 12 heavy (non-hydrogen) atoms. The quantitative estimate of drug-likeness (QED) is 0.689. The molecule has 0 aromatic heterocycles. The zero-order valence-corrected chi connectivity index (χ0v) is 8.39. The molecule has 0 saturated heterocycles. The van der Waals surface area contributed by atoms with E-state index in [2.05, 4.69) is 13.8 Å². The van der Waals surface area contributed by atoms with Crippen molar-refractivity contribution in [2.24, 2.45) is 5.92 Å². The van der Waals surface area contributed by atoms with Crippen LogP contribution >= 0.6 is 0 Å². The van der Waals surface area contributed by atoms with E-state index in [9.17, 15) is 9.00 Å². The summed E-state index contributed by atoms with van der Waals surface area (Å²) in [6.45, 7) is 4.19. The third kappa shape index (κ3) is 7.72. The van der Waals surface area contributed by atoms with Crippen LogP contribution in [0.15, 0.2) is 0 Å². The Balaban J connectivity index is 3.38. The highest BCUT2D eigenvalue weighted by Gasteiger charge is 2.05. The first-order valence-electron chi connectivity index (χ1n) is 4.09. The molecule has 0 aliphatic heterocycles. The molecule has 0 rings (SSSR count). The lowest BCUT2D eigenvalue weighted by molar-refractivity contribution is -0.133. The van der Waals surface area contributed by atoms with Gasteiger partial charge in [-0.25, -0.2) is 0 Å². The van der Waals surface area contributed by atoms with Crippen LogP contribution in [0.3, 0.4) is 0 Å². The molecular formula is C8H16O3S. The maximum absolute atomic E-state index is 11.0. The molecular weight excluding hydrogens is 176 g/mol. The molecule has 1 unspecified atom stereocenters. The number of carboxylic acids is 1. The maximum atomic E-state index is 11.0. The number of carbonyl (C=O) groups is 1. The number of hydrogen-bond acceptors (Lipinski definition) is 2. The van der Waals surface area contributed by atoms with Gasteiger partial charge < -0.3 is 5.11 Å². The predicted molar refractivity (Wildman–Crippen MR) is 49.6 cm³/mol. The number of aliphatic carboxylic acids is 1. The molecule has 1 atom stereocenters. The van der Waals surface area contributed by atoms with E-state index >= 15 is 0 Å². The van der Waals surface area contributed by atoms with Crippen LogP contribution in [0.1, 0.15) is 26.7 Å². The number of hydrogen-bond donors (Lipinski definition) is 1. The molecule has 0 fully saturated rings. The van der Waals surface area contributed by atoms with E-state index in [1.807, 2.05) is 0 Å². The Hall–Kier alpha value is -0.380. The molecule has 3 nitrogen and oxygen atoms in total. The second kappa shape index (κ2) is 6.17.